The number of hydrogen-bond acceptors (Lipinski definition) is 9. The molecule has 2 heterocycles. The molecular formula is C15H16N8O5. The number of nitrogens with zero attached hydrogens (tertiary/aromatic N) is 7. The Kier molecular flexibility index (Phi) is 4.89. The third-order valence-corrected chi connectivity index (χ3v) is 4.09. The number of hydrogen-bond donors (Lipinski definition) is 1. The lowest BCUT2D eigenvalue weighted by atomic mass is 10.2. The molecule has 0 aliphatic carbocycles. The van der Waals surface area contributed by atoms with E-state index in [0.29, 0.717) is 11.4 Å². The lowest BCUT2D eigenvalue weighted by Gasteiger charge is -2.19. The molecule has 1 aromatic carbocycles. The molecule has 1 amide bonds. The monoisotopic (exact) mass is 388 g/mol. The average molecular weight is 388 g/mol. The SMILES string of the molecule is COc1ccc(N(C)CCn2nnc3c(C(N)=O)ncn3c2=O)c([N+](=O)[O-])c1. The van der Waals surface area contributed by atoms with E-state index < -0.39 is 16.5 Å². The predicted molar refractivity (Wildman–Crippen MR) is 96.5 cm³/mol. The Morgan fingerprint density at radius 2 is 2.18 bits per heavy atom. The number of likely N-dealkylation sites (N-methyl/N-ethyl adjacent to an activating group) is 1. The quantitative estimate of drug-likeness (QED) is 0.412. The van der Waals surface area contributed by atoms with Crippen LogP contribution in [0.15, 0.2) is 29.3 Å². The van der Waals surface area contributed by atoms with Crippen molar-refractivity contribution in [3.05, 3.63) is 50.8 Å². The average Bonchev–Trinajstić information content (AvgIpc) is 3.12. The van der Waals surface area contributed by atoms with Crippen molar-refractivity contribution in [2.24, 2.45) is 5.73 Å². The molecule has 146 valence electrons. The van der Waals surface area contributed by atoms with E-state index in [-0.39, 0.29) is 30.1 Å². The minimum Gasteiger partial charge on any atom is -0.496 e. The summed E-state index contributed by atoms with van der Waals surface area (Å²) in [5.74, 6) is -0.456. The van der Waals surface area contributed by atoms with Gasteiger partial charge in [0.15, 0.2) is 11.3 Å². The number of methoxy groups -OCH3 is 1. The van der Waals surface area contributed by atoms with Crippen molar-refractivity contribution in [1.82, 2.24) is 24.4 Å². The first-order chi connectivity index (χ1) is 13.3. The first-order valence-electron chi connectivity index (χ1n) is 7.97. The highest BCUT2D eigenvalue weighted by Crippen LogP contribution is 2.31. The van der Waals surface area contributed by atoms with E-state index in [2.05, 4.69) is 15.3 Å². The summed E-state index contributed by atoms with van der Waals surface area (Å²) in [4.78, 5) is 39.9. The molecule has 0 aliphatic heterocycles. The van der Waals surface area contributed by atoms with Gasteiger partial charge >= 0.3 is 5.69 Å². The molecule has 2 N–H and O–H groups in total. The van der Waals surface area contributed by atoms with E-state index >= 15 is 0 Å². The van der Waals surface area contributed by atoms with Crippen molar-refractivity contribution in [3.63, 3.8) is 0 Å². The predicted octanol–water partition coefficient (Wildman–Crippen LogP) is -0.562. The number of nitro groups is 1. The minimum absolute atomic E-state index is 0.0344. The van der Waals surface area contributed by atoms with Gasteiger partial charge in [0.05, 0.1) is 24.6 Å². The van der Waals surface area contributed by atoms with Gasteiger partial charge in [0.25, 0.3) is 11.6 Å². The molecular weight excluding hydrogens is 372 g/mol. The summed E-state index contributed by atoms with van der Waals surface area (Å²) in [6.45, 7) is 0.316. The molecule has 0 saturated heterocycles. The lowest BCUT2D eigenvalue weighted by Crippen LogP contribution is -2.34. The number of imidazole rings is 1. The molecule has 2 aromatic heterocycles. The Labute approximate surface area is 157 Å². The van der Waals surface area contributed by atoms with Gasteiger partial charge in [-0.15, -0.1) is 5.10 Å². The summed E-state index contributed by atoms with van der Waals surface area (Å²) in [5.41, 5.74) is 4.65. The summed E-state index contributed by atoms with van der Waals surface area (Å²) in [6, 6.07) is 4.48. The first-order valence-corrected chi connectivity index (χ1v) is 7.97. The van der Waals surface area contributed by atoms with Crippen LogP contribution in [0.3, 0.4) is 0 Å². The number of primary amides is 1. The maximum atomic E-state index is 12.5. The van der Waals surface area contributed by atoms with Crippen LogP contribution in [0.1, 0.15) is 10.5 Å². The van der Waals surface area contributed by atoms with E-state index in [1.807, 2.05) is 0 Å². The van der Waals surface area contributed by atoms with E-state index in [0.717, 1.165) is 15.4 Å². The number of nitrogens with two attached hydrogens (primary N) is 1. The number of anilines is 1. The Hall–Kier alpha value is -4.03. The van der Waals surface area contributed by atoms with Crippen LogP contribution in [0.2, 0.25) is 0 Å². The van der Waals surface area contributed by atoms with Crippen LogP contribution in [-0.2, 0) is 6.54 Å². The highest BCUT2D eigenvalue weighted by atomic mass is 16.6. The molecule has 28 heavy (non-hydrogen) atoms. The third-order valence-electron chi connectivity index (χ3n) is 4.09. The number of fused-ring (bicyclic) bond motifs is 1. The van der Waals surface area contributed by atoms with Gasteiger partial charge in [-0.1, -0.05) is 5.21 Å². The zero-order valence-electron chi connectivity index (χ0n) is 15.0. The maximum Gasteiger partial charge on any atom is 0.353 e. The van der Waals surface area contributed by atoms with Gasteiger partial charge in [0.2, 0.25) is 0 Å². The van der Waals surface area contributed by atoms with Crippen molar-refractivity contribution in [2.45, 2.75) is 6.54 Å². The Morgan fingerprint density at radius 3 is 2.82 bits per heavy atom. The van der Waals surface area contributed by atoms with Crippen LogP contribution in [0, 0.1) is 10.1 Å². The van der Waals surface area contributed by atoms with Gasteiger partial charge in [0, 0.05) is 13.6 Å². The van der Waals surface area contributed by atoms with Crippen LogP contribution in [0.25, 0.3) is 5.65 Å². The molecule has 13 nitrogen and oxygen atoms in total. The van der Waals surface area contributed by atoms with Gasteiger partial charge in [-0.2, -0.15) is 4.68 Å². The zero-order valence-corrected chi connectivity index (χ0v) is 15.0. The number of nitro benzene ring substituents is 1. The number of benzene rings is 1. The van der Waals surface area contributed by atoms with Gasteiger partial charge in [0.1, 0.15) is 17.8 Å². The number of rotatable bonds is 7. The smallest absolute Gasteiger partial charge is 0.353 e. The molecule has 0 atom stereocenters. The summed E-state index contributed by atoms with van der Waals surface area (Å²) in [7, 11) is 3.07. The van der Waals surface area contributed by atoms with Crippen molar-refractivity contribution in [1.29, 1.82) is 0 Å². The van der Waals surface area contributed by atoms with Crippen LogP contribution in [0.4, 0.5) is 11.4 Å². The topological polar surface area (TPSA) is 164 Å². The zero-order chi connectivity index (χ0) is 20.4. The number of aromatic nitrogens is 5. The third kappa shape index (κ3) is 3.32. The minimum atomic E-state index is -0.819. The van der Waals surface area contributed by atoms with E-state index in [4.69, 9.17) is 10.5 Å². The van der Waals surface area contributed by atoms with Gasteiger partial charge in [-0.3, -0.25) is 14.9 Å². The Morgan fingerprint density at radius 1 is 1.43 bits per heavy atom. The Balaban J connectivity index is 1.85. The van der Waals surface area contributed by atoms with Crippen molar-refractivity contribution < 1.29 is 14.5 Å². The number of carbonyl (C=O) groups excluding carboxylic acids is 1. The molecule has 0 radical (unpaired) electrons. The molecule has 0 saturated carbocycles. The van der Waals surface area contributed by atoms with Crippen LogP contribution in [-0.4, -0.2) is 55.9 Å². The number of ether oxygens (including phenoxy) is 1. The normalized spacial score (nSPS) is 10.8. The van der Waals surface area contributed by atoms with Crippen molar-refractivity contribution in [3.8, 4) is 5.75 Å². The van der Waals surface area contributed by atoms with Crippen molar-refractivity contribution >= 4 is 22.9 Å². The fourth-order valence-corrected chi connectivity index (χ4v) is 2.62. The molecule has 13 heteroatoms. The largest absolute Gasteiger partial charge is 0.496 e. The molecule has 0 spiro atoms. The second-order valence-electron chi connectivity index (χ2n) is 5.78. The number of amides is 1. The molecule has 3 aromatic rings. The summed E-state index contributed by atoms with van der Waals surface area (Å²) in [6.07, 6.45) is 1.14. The second-order valence-corrected chi connectivity index (χ2v) is 5.78. The van der Waals surface area contributed by atoms with Crippen LogP contribution < -0.4 is 21.1 Å². The van der Waals surface area contributed by atoms with Gasteiger partial charge < -0.3 is 15.4 Å². The highest BCUT2D eigenvalue weighted by Gasteiger charge is 2.19. The molecule has 0 fully saturated rings. The van der Waals surface area contributed by atoms with Crippen LogP contribution >= 0.6 is 0 Å². The molecule has 3 rings (SSSR count). The van der Waals surface area contributed by atoms with Crippen molar-refractivity contribution in [2.75, 3.05) is 25.6 Å². The summed E-state index contributed by atoms with van der Waals surface area (Å²) < 4.78 is 7.14. The molecule has 0 bridgehead atoms. The summed E-state index contributed by atoms with van der Waals surface area (Å²) in [5, 5.41) is 18.9. The first kappa shape index (κ1) is 18.8. The highest BCUT2D eigenvalue weighted by molar-refractivity contribution is 5.96. The molecule has 0 unspecified atom stereocenters. The standard InChI is InChI=1S/C15H16N8O5/c1-20(10-4-3-9(28-2)7-11(10)23(26)27)5-6-22-15(25)21-8-17-12(13(16)24)14(21)18-19-22/h3-4,7-8H,5-6H2,1-2H3,(H2,16,24). The molecule has 0 aliphatic rings. The second kappa shape index (κ2) is 7.30. The van der Waals surface area contributed by atoms with E-state index in [1.54, 1.807) is 24.1 Å². The lowest BCUT2D eigenvalue weighted by molar-refractivity contribution is -0.384. The summed E-state index contributed by atoms with van der Waals surface area (Å²) >= 11 is 0. The maximum absolute atomic E-state index is 12.5. The van der Waals surface area contributed by atoms with Gasteiger partial charge in [-0.25, -0.2) is 14.2 Å². The van der Waals surface area contributed by atoms with Crippen LogP contribution in [0.5, 0.6) is 5.75 Å². The Bertz CT molecular complexity index is 1120. The fourth-order valence-electron chi connectivity index (χ4n) is 2.62. The van der Waals surface area contributed by atoms with E-state index in [1.165, 1.54) is 13.2 Å². The number of carbonyl (C=O) groups is 1. The van der Waals surface area contributed by atoms with Gasteiger partial charge in [-0.05, 0) is 12.1 Å². The fraction of sp³-hybridized carbons (Fsp3) is 0.267. The van der Waals surface area contributed by atoms with E-state index in [9.17, 15) is 19.7 Å².